The SMILES string of the molecule is O=C(Nc1ncc(Cc2cccc(Cl)c2Cl)s1)[C@H]1CCCN(Cc2cccnc2)C1. The first-order valence-electron chi connectivity index (χ1n) is 9.88. The number of hydrogen-bond acceptors (Lipinski definition) is 5. The van der Waals surface area contributed by atoms with Crippen molar-refractivity contribution in [2.24, 2.45) is 5.92 Å². The predicted molar refractivity (Wildman–Crippen MR) is 122 cm³/mol. The number of anilines is 1. The first-order valence-corrected chi connectivity index (χ1v) is 11.5. The summed E-state index contributed by atoms with van der Waals surface area (Å²) in [4.78, 5) is 24.7. The second-order valence-electron chi connectivity index (χ2n) is 7.45. The third-order valence-electron chi connectivity index (χ3n) is 5.19. The molecule has 1 saturated heterocycles. The van der Waals surface area contributed by atoms with Crippen molar-refractivity contribution in [3.63, 3.8) is 0 Å². The highest BCUT2D eigenvalue weighted by molar-refractivity contribution is 7.15. The number of benzene rings is 1. The van der Waals surface area contributed by atoms with Gasteiger partial charge in [0.05, 0.1) is 16.0 Å². The minimum absolute atomic E-state index is 0.0348. The maximum Gasteiger partial charge on any atom is 0.230 e. The lowest BCUT2D eigenvalue weighted by Crippen LogP contribution is -2.40. The Hall–Kier alpha value is -1.99. The molecule has 2 aromatic heterocycles. The van der Waals surface area contributed by atoms with Crippen molar-refractivity contribution in [2.45, 2.75) is 25.8 Å². The number of nitrogens with one attached hydrogen (secondary N) is 1. The van der Waals surface area contributed by atoms with Crippen LogP contribution in [-0.2, 0) is 17.8 Å². The first-order chi connectivity index (χ1) is 14.6. The van der Waals surface area contributed by atoms with E-state index >= 15 is 0 Å². The Morgan fingerprint density at radius 3 is 2.97 bits per heavy atom. The third kappa shape index (κ3) is 5.38. The van der Waals surface area contributed by atoms with Crippen molar-refractivity contribution in [1.29, 1.82) is 0 Å². The lowest BCUT2D eigenvalue weighted by atomic mass is 9.97. The summed E-state index contributed by atoms with van der Waals surface area (Å²) in [5.41, 5.74) is 2.12. The quantitative estimate of drug-likeness (QED) is 0.542. The van der Waals surface area contributed by atoms with E-state index in [0.29, 0.717) is 21.6 Å². The van der Waals surface area contributed by atoms with Gasteiger partial charge in [0.1, 0.15) is 0 Å². The lowest BCUT2D eigenvalue weighted by molar-refractivity contribution is -0.121. The van der Waals surface area contributed by atoms with Gasteiger partial charge < -0.3 is 5.32 Å². The standard InChI is InChI=1S/C22H22Cl2N4OS/c23-19-7-1-5-16(20(19)24)10-18-12-26-22(30-18)27-21(29)17-6-3-9-28(14-17)13-15-4-2-8-25-11-15/h1-2,4-5,7-8,11-12,17H,3,6,9-10,13-14H2,(H,26,27,29)/t17-/m0/s1. The molecule has 0 spiro atoms. The molecule has 30 heavy (non-hydrogen) atoms. The zero-order valence-corrected chi connectivity index (χ0v) is 18.7. The summed E-state index contributed by atoms with van der Waals surface area (Å²) in [6, 6.07) is 9.62. The van der Waals surface area contributed by atoms with Gasteiger partial charge in [0.15, 0.2) is 5.13 Å². The zero-order valence-electron chi connectivity index (χ0n) is 16.4. The molecule has 3 heterocycles. The lowest BCUT2D eigenvalue weighted by Gasteiger charge is -2.31. The van der Waals surface area contributed by atoms with Crippen LogP contribution in [0, 0.1) is 5.92 Å². The van der Waals surface area contributed by atoms with Gasteiger partial charge in [0.2, 0.25) is 5.91 Å². The van der Waals surface area contributed by atoms with Crippen molar-refractivity contribution in [3.05, 3.63) is 75.0 Å². The van der Waals surface area contributed by atoms with Gasteiger partial charge in [0, 0.05) is 43.0 Å². The average Bonchev–Trinajstić information content (AvgIpc) is 3.19. The fraction of sp³-hybridized carbons (Fsp3) is 0.318. The molecule has 1 fully saturated rings. The molecular formula is C22H22Cl2N4OS. The number of carbonyl (C=O) groups is 1. The first kappa shape index (κ1) is 21.2. The van der Waals surface area contributed by atoms with Gasteiger partial charge in [-0.15, -0.1) is 11.3 Å². The number of piperidine rings is 1. The minimum atomic E-state index is -0.0369. The van der Waals surface area contributed by atoms with Gasteiger partial charge in [-0.05, 0) is 42.6 Å². The fourth-order valence-corrected chi connectivity index (χ4v) is 4.92. The van der Waals surface area contributed by atoms with Crippen LogP contribution < -0.4 is 5.32 Å². The van der Waals surface area contributed by atoms with Crippen molar-refractivity contribution < 1.29 is 4.79 Å². The summed E-state index contributed by atoms with van der Waals surface area (Å²) in [5.74, 6) is -0.00211. The van der Waals surface area contributed by atoms with E-state index in [1.165, 1.54) is 16.9 Å². The molecule has 1 aliphatic heterocycles. The van der Waals surface area contributed by atoms with Gasteiger partial charge in [-0.1, -0.05) is 41.4 Å². The predicted octanol–water partition coefficient (Wildman–Crippen LogP) is 5.29. The van der Waals surface area contributed by atoms with Crippen LogP contribution in [0.25, 0.3) is 0 Å². The van der Waals surface area contributed by atoms with E-state index in [1.54, 1.807) is 18.5 Å². The molecule has 4 rings (SSSR count). The molecule has 156 valence electrons. The number of amides is 1. The Morgan fingerprint density at radius 1 is 1.23 bits per heavy atom. The van der Waals surface area contributed by atoms with Gasteiger partial charge in [-0.3, -0.25) is 14.7 Å². The van der Waals surface area contributed by atoms with Crippen LogP contribution in [-0.4, -0.2) is 33.9 Å². The maximum atomic E-state index is 12.8. The Kier molecular flexibility index (Phi) is 7.00. The molecule has 3 aromatic rings. The van der Waals surface area contributed by atoms with E-state index in [2.05, 4.69) is 26.3 Å². The summed E-state index contributed by atoms with van der Waals surface area (Å²) >= 11 is 13.8. The van der Waals surface area contributed by atoms with Crippen LogP contribution in [0.1, 0.15) is 28.8 Å². The molecule has 1 aliphatic rings. The largest absolute Gasteiger partial charge is 0.302 e. The van der Waals surface area contributed by atoms with Crippen LogP contribution >= 0.6 is 34.5 Å². The molecule has 0 unspecified atom stereocenters. The Balaban J connectivity index is 1.34. The number of likely N-dealkylation sites (tertiary alicyclic amines) is 1. The van der Waals surface area contributed by atoms with Crippen LogP contribution in [0.3, 0.4) is 0 Å². The number of rotatable bonds is 6. The topological polar surface area (TPSA) is 58.1 Å². The van der Waals surface area contributed by atoms with E-state index in [-0.39, 0.29) is 11.8 Å². The maximum absolute atomic E-state index is 12.8. The number of thiazole rings is 1. The smallest absolute Gasteiger partial charge is 0.230 e. The summed E-state index contributed by atoms with van der Waals surface area (Å²) < 4.78 is 0. The van der Waals surface area contributed by atoms with E-state index in [9.17, 15) is 4.79 Å². The number of nitrogens with zero attached hydrogens (tertiary/aromatic N) is 3. The second-order valence-corrected chi connectivity index (χ2v) is 9.35. The molecular weight excluding hydrogens is 439 g/mol. The van der Waals surface area contributed by atoms with E-state index < -0.39 is 0 Å². The molecule has 1 amide bonds. The van der Waals surface area contributed by atoms with E-state index in [1.807, 2.05) is 24.4 Å². The van der Waals surface area contributed by atoms with Crippen LogP contribution in [0.5, 0.6) is 0 Å². The Bertz CT molecular complexity index is 1010. The highest BCUT2D eigenvalue weighted by Crippen LogP contribution is 2.30. The molecule has 1 aromatic carbocycles. The van der Waals surface area contributed by atoms with Crippen molar-refractivity contribution >= 4 is 45.6 Å². The molecule has 8 heteroatoms. The van der Waals surface area contributed by atoms with Gasteiger partial charge >= 0.3 is 0 Å². The van der Waals surface area contributed by atoms with Crippen molar-refractivity contribution in [3.8, 4) is 0 Å². The number of halogens is 2. The molecule has 0 saturated carbocycles. The molecule has 0 aliphatic carbocycles. The highest BCUT2D eigenvalue weighted by atomic mass is 35.5. The molecule has 0 bridgehead atoms. The summed E-state index contributed by atoms with van der Waals surface area (Å²) in [5, 5.41) is 4.73. The van der Waals surface area contributed by atoms with Gasteiger partial charge in [-0.25, -0.2) is 4.98 Å². The van der Waals surface area contributed by atoms with Crippen molar-refractivity contribution in [2.75, 3.05) is 18.4 Å². The summed E-state index contributed by atoms with van der Waals surface area (Å²) in [7, 11) is 0. The average molecular weight is 461 g/mol. The fourth-order valence-electron chi connectivity index (χ4n) is 3.69. The number of hydrogen-bond donors (Lipinski definition) is 1. The molecule has 1 N–H and O–H groups in total. The number of pyridine rings is 1. The van der Waals surface area contributed by atoms with E-state index in [0.717, 1.165) is 42.9 Å². The molecule has 1 atom stereocenters. The second kappa shape index (κ2) is 9.88. The number of carbonyl (C=O) groups excluding carboxylic acids is 1. The van der Waals surface area contributed by atoms with Gasteiger partial charge in [0.25, 0.3) is 0 Å². The van der Waals surface area contributed by atoms with Crippen LogP contribution in [0.4, 0.5) is 5.13 Å². The third-order valence-corrected chi connectivity index (χ3v) is 6.96. The van der Waals surface area contributed by atoms with Crippen LogP contribution in [0.15, 0.2) is 48.9 Å². The number of aromatic nitrogens is 2. The monoisotopic (exact) mass is 460 g/mol. The molecule has 5 nitrogen and oxygen atoms in total. The zero-order chi connectivity index (χ0) is 20.9. The summed E-state index contributed by atoms with van der Waals surface area (Å²) in [6.07, 6.45) is 7.98. The Morgan fingerprint density at radius 2 is 2.13 bits per heavy atom. The van der Waals surface area contributed by atoms with E-state index in [4.69, 9.17) is 23.2 Å². The van der Waals surface area contributed by atoms with Crippen molar-refractivity contribution in [1.82, 2.24) is 14.9 Å². The molecule has 0 radical (unpaired) electrons. The minimum Gasteiger partial charge on any atom is -0.302 e. The highest BCUT2D eigenvalue weighted by Gasteiger charge is 2.26. The summed E-state index contributed by atoms with van der Waals surface area (Å²) in [6.45, 7) is 2.57. The normalized spacial score (nSPS) is 17.1. The Labute approximate surface area is 190 Å². The van der Waals surface area contributed by atoms with Crippen LogP contribution in [0.2, 0.25) is 10.0 Å². The van der Waals surface area contributed by atoms with Gasteiger partial charge in [-0.2, -0.15) is 0 Å².